The van der Waals surface area contributed by atoms with Gasteiger partial charge in [0, 0.05) is 49.7 Å². The first-order valence-electron chi connectivity index (χ1n) is 11.8. The second-order valence-corrected chi connectivity index (χ2v) is 8.84. The maximum Gasteiger partial charge on any atom is 0.256 e. The summed E-state index contributed by atoms with van der Waals surface area (Å²) in [7, 11) is 0. The molecule has 1 aliphatic rings. The molecule has 2 amide bonds. The molecule has 1 saturated heterocycles. The van der Waals surface area contributed by atoms with Crippen LogP contribution in [0.5, 0.6) is 0 Å². The van der Waals surface area contributed by atoms with Gasteiger partial charge in [-0.05, 0) is 49.7 Å². The summed E-state index contributed by atoms with van der Waals surface area (Å²) >= 11 is 0. The average molecular weight is 482 g/mol. The quantitative estimate of drug-likeness (QED) is 0.469. The van der Waals surface area contributed by atoms with E-state index in [9.17, 15) is 9.59 Å². The van der Waals surface area contributed by atoms with Crippen LogP contribution in [0.4, 0.5) is 11.5 Å². The molecule has 36 heavy (non-hydrogen) atoms. The Morgan fingerprint density at radius 1 is 0.917 bits per heavy atom. The first-order valence-corrected chi connectivity index (χ1v) is 11.8. The summed E-state index contributed by atoms with van der Waals surface area (Å²) in [5.41, 5.74) is 4.70. The largest absolute Gasteiger partial charge is 0.352 e. The Morgan fingerprint density at radius 2 is 1.69 bits per heavy atom. The molecule has 5 rings (SSSR count). The maximum absolute atomic E-state index is 13.0. The van der Waals surface area contributed by atoms with E-state index in [2.05, 4.69) is 25.3 Å². The molecular weight excluding hydrogens is 454 g/mol. The van der Waals surface area contributed by atoms with Gasteiger partial charge >= 0.3 is 0 Å². The Bertz CT molecular complexity index is 1380. The molecule has 4 aromatic rings. The van der Waals surface area contributed by atoms with Crippen molar-refractivity contribution < 1.29 is 9.59 Å². The van der Waals surface area contributed by atoms with E-state index in [4.69, 9.17) is 0 Å². The zero-order valence-electron chi connectivity index (χ0n) is 20.3. The minimum Gasteiger partial charge on any atom is -0.352 e. The van der Waals surface area contributed by atoms with Crippen LogP contribution in [0.15, 0.2) is 73.4 Å². The van der Waals surface area contributed by atoms with Gasteiger partial charge in [-0.2, -0.15) is 5.10 Å². The van der Waals surface area contributed by atoms with Crippen molar-refractivity contribution in [2.75, 3.05) is 36.4 Å². The minimum atomic E-state index is -0.174. The summed E-state index contributed by atoms with van der Waals surface area (Å²) in [5.74, 6) is 0.660. The third-order valence-corrected chi connectivity index (χ3v) is 6.29. The Balaban J connectivity index is 1.20. The number of amides is 2. The molecule has 0 unspecified atom stereocenters. The van der Waals surface area contributed by atoms with Crippen molar-refractivity contribution in [1.29, 1.82) is 0 Å². The fourth-order valence-electron chi connectivity index (χ4n) is 4.33. The van der Waals surface area contributed by atoms with Gasteiger partial charge in [-0.3, -0.25) is 14.6 Å². The Morgan fingerprint density at radius 3 is 2.39 bits per heavy atom. The Kier molecular flexibility index (Phi) is 6.44. The molecule has 1 fully saturated rings. The van der Waals surface area contributed by atoms with Crippen molar-refractivity contribution in [3.63, 3.8) is 0 Å². The lowest BCUT2D eigenvalue weighted by molar-refractivity contribution is 0.0746. The number of benzene rings is 2. The van der Waals surface area contributed by atoms with E-state index in [0.717, 1.165) is 22.6 Å². The van der Waals surface area contributed by atoms with Crippen LogP contribution >= 0.6 is 0 Å². The van der Waals surface area contributed by atoms with Crippen LogP contribution < -0.4 is 10.2 Å². The normalized spacial score (nSPS) is 13.5. The van der Waals surface area contributed by atoms with Crippen LogP contribution in [0.3, 0.4) is 0 Å². The van der Waals surface area contributed by atoms with E-state index in [1.807, 2.05) is 61.2 Å². The number of nitrogens with zero attached hydrogens (tertiary/aromatic N) is 6. The number of carbonyl (C=O) groups is 2. The summed E-state index contributed by atoms with van der Waals surface area (Å²) in [6, 6.07) is 13.1. The molecule has 0 aliphatic carbocycles. The molecule has 182 valence electrons. The summed E-state index contributed by atoms with van der Waals surface area (Å²) in [6.45, 7) is 6.60. The van der Waals surface area contributed by atoms with E-state index in [1.54, 1.807) is 35.7 Å². The third kappa shape index (κ3) is 4.95. The predicted octanol–water partition coefficient (Wildman–Crippen LogP) is 3.49. The monoisotopic (exact) mass is 481 g/mol. The van der Waals surface area contributed by atoms with Crippen molar-refractivity contribution in [3.05, 3.63) is 95.7 Å². The molecule has 3 heterocycles. The highest BCUT2D eigenvalue weighted by Crippen LogP contribution is 2.18. The van der Waals surface area contributed by atoms with Crippen LogP contribution in [-0.2, 0) is 0 Å². The molecule has 9 nitrogen and oxygen atoms in total. The maximum atomic E-state index is 13.0. The number of hydrogen-bond donors (Lipinski definition) is 1. The van der Waals surface area contributed by atoms with Crippen LogP contribution in [0.25, 0.3) is 5.69 Å². The van der Waals surface area contributed by atoms with Crippen molar-refractivity contribution >= 4 is 23.3 Å². The second-order valence-electron chi connectivity index (χ2n) is 8.84. The van der Waals surface area contributed by atoms with Crippen LogP contribution in [-0.4, -0.2) is 62.6 Å². The molecule has 1 aliphatic heterocycles. The summed E-state index contributed by atoms with van der Waals surface area (Å²) in [5, 5.41) is 7.26. The van der Waals surface area contributed by atoms with Crippen LogP contribution in [0.1, 0.15) is 31.8 Å². The standard InChI is InChI=1S/C27H27N7O2/c1-19-3-8-24(20(2)15-19)26(35)31-22-16-30-34(18-22)23-6-4-21(5-7-23)27(36)33-13-11-32(12-14-33)25-17-28-9-10-29-25/h3-10,15-18H,11-14H2,1-2H3,(H,31,35). The first-order chi connectivity index (χ1) is 17.5. The fourth-order valence-corrected chi connectivity index (χ4v) is 4.33. The zero-order chi connectivity index (χ0) is 25.1. The van der Waals surface area contributed by atoms with Gasteiger partial charge in [-0.25, -0.2) is 9.67 Å². The van der Waals surface area contributed by atoms with E-state index in [-0.39, 0.29) is 11.8 Å². The van der Waals surface area contributed by atoms with Gasteiger partial charge in [0.1, 0.15) is 5.82 Å². The molecular formula is C27H27N7O2. The molecule has 2 aromatic heterocycles. The molecule has 2 aromatic carbocycles. The lowest BCUT2D eigenvalue weighted by Gasteiger charge is -2.35. The molecule has 0 saturated carbocycles. The number of piperazine rings is 1. The molecule has 0 spiro atoms. The Hall–Kier alpha value is -4.53. The van der Waals surface area contributed by atoms with Gasteiger partial charge < -0.3 is 15.1 Å². The number of carbonyl (C=O) groups excluding carboxylic acids is 2. The lowest BCUT2D eigenvalue weighted by atomic mass is 10.1. The second kappa shape index (κ2) is 9.99. The van der Waals surface area contributed by atoms with E-state index >= 15 is 0 Å². The first kappa shape index (κ1) is 23.2. The van der Waals surface area contributed by atoms with Gasteiger partial charge in [0.05, 0.1) is 30.0 Å². The van der Waals surface area contributed by atoms with Gasteiger partial charge in [-0.1, -0.05) is 17.7 Å². The van der Waals surface area contributed by atoms with E-state index < -0.39 is 0 Å². The molecule has 1 N–H and O–H groups in total. The highest BCUT2D eigenvalue weighted by molar-refractivity contribution is 6.05. The fraction of sp³-hybridized carbons (Fsp3) is 0.222. The summed E-state index contributed by atoms with van der Waals surface area (Å²) in [6.07, 6.45) is 8.43. The van der Waals surface area contributed by atoms with Crippen molar-refractivity contribution in [2.45, 2.75) is 13.8 Å². The predicted molar refractivity (Wildman–Crippen MR) is 138 cm³/mol. The average Bonchev–Trinajstić information content (AvgIpc) is 3.37. The smallest absolute Gasteiger partial charge is 0.256 e. The summed E-state index contributed by atoms with van der Waals surface area (Å²) < 4.78 is 1.67. The van der Waals surface area contributed by atoms with Gasteiger partial charge in [0.25, 0.3) is 11.8 Å². The molecule has 0 bridgehead atoms. The van der Waals surface area contributed by atoms with Gasteiger partial charge in [0.2, 0.25) is 0 Å². The highest BCUT2D eigenvalue weighted by Gasteiger charge is 2.23. The SMILES string of the molecule is Cc1ccc(C(=O)Nc2cnn(-c3ccc(C(=O)N4CCN(c5cnccn5)CC4)cc3)c2)c(C)c1. The summed E-state index contributed by atoms with van der Waals surface area (Å²) in [4.78, 5) is 38.1. The number of aromatic nitrogens is 4. The highest BCUT2D eigenvalue weighted by atomic mass is 16.2. The van der Waals surface area contributed by atoms with Gasteiger partial charge in [0.15, 0.2) is 0 Å². The van der Waals surface area contributed by atoms with E-state index in [0.29, 0.717) is 43.0 Å². The minimum absolute atomic E-state index is 0.00207. The number of nitrogens with one attached hydrogen (secondary N) is 1. The van der Waals surface area contributed by atoms with Gasteiger partial charge in [-0.15, -0.1) is 0 Å². The van der Waals surface area contributed by atoms with E-state index in [1.165, 1.54) is 0 Å². The van der Waals surface area contributed by atoms with Crippen molar-refractivity contribution in [1.82, 2.24) is 24.6 Å². The zero-order valence-corrected chi connectivity index (χ0v) is 20.3. The molecule has 9 heteroatoms. The van der Waals surface area contributed by atoms with Crippen molar-refractivity contribution in [3.8, 4) is 5.69 Å². The Labute approximate surface area is 209 Å². The lowest BCUT2D eigenvalue weighted by Crippen LogP contribution is -2.49. The van der Waals surface area contributed by atoms with Crippen LogP contribution in [0.2, 0.25) is 0 Å². The molecule has 0 atom stereocenters. The number of aryl methyl sites for hydroxylation is 2. The number of rotatable bonds is 5. The van der Waals surface area contributed by atoms with Crippen molar-refractivity contribution in [2.24, 2.45) is 0 Å². The number of anilines is 2. The third-order valence-electron chi connectivity index (χ3n) is 6.29. The number of hydrogen-bond acceptors (Lipinski definition) is 6. The van der Waals surface area contributed by atoms with Crippen LogP contribution in [0, 0.1) is 13.8 Å². The molecule has 0 radical (unpaired) electrons. The topological polar surface area (TPSA) is 96.2 Å².